The average Bonchev–Trinajstić information content (AvgIpc) is 3.09. The number of ether oxygens (including phenoxy) is 1. The van der Waals surface area contributed by atoms with Crippen molar-refractivity contribution in [3.05, 3.63) is 48.6 Å². The summed E-state index contributed by atoms with van der Waals surface area (Å²) in [5, 5.41) is 8.78. The van der Waals surface area contributed by atoms with Crippen LogP contribution in [0.15, 0.2) is 48.6 Å². The number of carbonyl (C=O) groups excluding carboxylic acids is 1. The van der Waals surface area contributed by atoms with E-state index in [0.29, 0.717) is 6.42 Å². The van der Waals surface area contributed by atoms with Gasteiger partial charge < -0.3 is 9.84 Å². The first-order valence-electron chi connectivity index (χ1n) is 21.1. The first-order chi connectivity index (χ1) is 24.1. The van der Waals surface area contributed by atoms with Gasteiger partial charge in [-0.05, 0) is 83.1 Å². The summed E-state index contributed by atoms with van der Waals surface area (Å²) in [6.07, 6.45) is 54.4. The molecule has 0 heterocycles. The minimum absolute atomic E-state index is 0.0577. The maximum Gasteiger partial charge on any atom is 0.306 e. The normalized spacial score (nSPS) is 12.7. The standard InChI is InChI=1S/C45H80O4/c1-3-5-7-9-11-13-14-15-16-17-18-19-20-21-22-23-24-26-28-34-38-42-45(48)49-43(39-35-31-27-25-12-10-8-6-4-2)40-36-32-29-30-33-37-41-44(46)47/h14-15,17-18,25,27,35,39,43H,3-13,16,19-24,26,28-34,36-38,40-42H2,1-2H3,(H,46,47)/b15-14-,18-17-,27-25-,39-35-. The average molecular weight is 685 g/mol. The molecule has 0 aliphatic heterocycles. The lowest BCUT2D eigenvalue weighted by atomic mass is 10.0. The van der Waals surface area contributed by atoms with Crippen LogP contribution in [-0.4, -0.2) is 23.1 Å². The van der Waals surface area contributed by atoms with E-state index in [4.69, 9.17) is 9.84 Å². The zero-order chi connectivity index (χ0) is 35.7. The SMILES string of the molecule is CCCCCC/C=C\C/C=C\C(CCCCCCCCC(=O)O)OC(=O)CCCCCCCCCCC/C=C\C/C=C\CCCCCCC. The second kappa shape index (κ2) is 40.3. The van der Waals surface area contributed by atoms with Crippen molar-refractivity contribution >= 4 is 11.9 Å². The highest BCUT2D eigenvalue weighted by molar-refractivity contribution is 5.69. The Morgan fingerprint density at radius 3 is 1.35 bits per heavy atom. The molecule has 0 aromatic heterocycles. The third kappa shape index (κ3) is 40.2. The van der Waals surface area contributed by atoms with Crippen LogP contribution in [-0.2, 0) is 14.3 Å². The molecule has 0 aliphatic carbocycles. The molecule has 0 saturated heterocycles. The number of hydrogen-bond donors (Lipinski definition) is 1. The number of aliphatic carboxylic acids is 1. The van der Waals surface area contributed by atoms with Crippen LogP contribution in [0.2, 0.25) is 0 Å². The quantitative estimate of drug-likeness (QED) is 0.0399. The van der Waals surface area contributed by atoms with Gasteiger partial charge in [-0.3, -0.25) is 9.59 Å². The van der Waals surface area contributed by atoms with Gasteiger partial charge in [0.2, 0.25) is 0 Å². The highest BCUT2D eigenvalue weighted by atomic mass is 16.5. The number of esters is 1. The first kappa shape index (κ1) is 46.9. The summed E-state index contributed by atoms with van der Waals surface area (Å²) in [4.78, 5) is 23.3. The number of unbranched alkanes of at least 4 members (excludes halogenated alkanes) is 23. The van der Waals surface area contributed by atoms with E-state index in [9.17, 15) is 9.59 Å². The molecule has 1 N–H and O–H groups in total. The second-order valence-corrected chi connectivity index (χ2v) is 14.2. The molecule has 1 unspecified atom stereocenters. The van der Waals surface area contributed by atoms with Gasteiger partial charge in [-0.1, -0.05) is 172 Å². The molecule has 0 bridgehead atoms. The summed E-state index contributed by atoms with van der Waals surface area (Å²) in [5.41, 5.74) is 0. The zero-order valence-electron chi connectivity index (χ0n) is 32.5. The fourth-order valence-electron chi connectivity index (χ4n) is 6.10. The van der Waals surface area contributed by atoms with E-state index in [-0.39, 0.29) is 18.5 Å². The van der Waals surface area contributed by atoms with Crippen molar-refractivity contribution in [3.63, 3.8) is 0 Å². The van der Waals surface area contributed by atoms with Gasteiger partial charge in [0.15, 0.2) is 0 Å². The number of carboxylic acids is 1. The van der Waals surface area contributed by atoms with E-state index >= 15 is 0 Å². The van der Waals surface area contributed by atoms with Crippen LogP contribution in [0, 0.1) is 0 Å². The van der Waals surface area contributed by atoms with Crippen LogP contribution in [0.25, 0.3) is 0 Å². The van der Waals surface area contributed by atoms with Crippen molar-refractivity contribution in [3.8, 4) is 0 Å². The lowest BCUT2D eigenvalue weighted by Crippen LogP contribution is -2.16. The fraction of sp³-hybridized carbons (Fsp3) is 0.778. The molecule has 0 aromatic rings. The van der Waals surface area contributed by atoms with Gasteiger partial charge in [0, 0.05) is 12.8 Å². The van der Waals surface area contributed by atoms with E-state index in [1.807, 2.05) is 0 Å². The van der Waals surface area contributed by atoms with Crippen LogP contribution in [0.5, 0.6) is 0 Å². The van der Waals surface area contributed by atoms with Crippen LogP contribution in [0.1, 0.15) is 219 Å². The van der Waals surface area contributed by atoms with Gasteiger partial charge in [-0.2, -0.15) is 0 Å². The van der Waals surface area contributed by atoms with Crippen molar-refractivity contribution in [2.24, 2.45) is 0 Å². The van der Waals surface area contributed by atoms with Crippen molar-refractivity contribution in [2.75, 3.05) is 0 Å². The molecular formula is C45H80O4. The zero-order valence-corrected chi connectivity index (χ0v) is 32.5. The molecule has 0 rings (SSSR count). The summed E-state index contributed by atoms with van der Waals surface area (Å²) < 4.78 is 5.91. The van der Waals surface area contributed by atoms with E-state index in [1.165, 1.54) is 116 Å². The number of allylic oxidation sites excluding steroid dienone is 7. The Morgan fingerprint density at radius 2 is 0.857 bits per heavy atom. The van der Waals surface area contributed by atoms with Crippen LogP contribution < -0.4 is 0 Å². The number of carbonyl (C=O) groups is 2. The van der Waals surface area contributed by atoms with Gasteiger partial charge in [0.05, 0.1) is 0 Å². The number of rotatable bonds is 38. The smallest absolute Gasteiger partial charge is 0.306 e. The Bertz CT molecular complexity index is 824. The van der Waals surface area contributed by atoms with Gasteiger partial charge in [0.25, 0.3) is 0 Å². The Kier molecular flexibility index (Phi) is 38.6. The van der Waals surface area contributed by atoms with Crippen LogP contribution in [0.4, 0.5) is 0 Å². The predicted molar refractivity (Wildman–Crippen MR) is 213 cm³/mol. The minimum atomic E-state index is -0.704. The molecule has 0 spiro atoms. The molecule has 49 heavy (non-hydrogen) atoms. The number of hydrogen-bond acceptors (Lipinski definition) is 3. The van der Waals surface area contributed by atoms with Crippen molar-refractivity contribution in [1.82, 2.24) is 0 Å². The summed E-state index contributed by atoms with van der Waals surface area (Å²) in [5.74, 6) is -0.761. The molecule has 0 saturated carbocycles. The summed E-state index contributed by atoms with van der Waals surface area (Å²) in [6.45, 7) is 4.51. The molecule has 0 amide bonds. The van der Waals surface area contributed by atoms with Crippen molar-refractivity contribution in [2.45, 2.75) is 225 Å². The highest BCUT2D eigenvalue weighted by Crippen LogP contribution is 2.16. The highest BCUT2D eigenvalue weighted by Gasteiger charge is 2.11. The van der Waals surface area contributed by atoms with E-state index in [1.54, 1.807) is 0 Å². The summed E-state index contributed by atoms with van der Waals surface area (Å²) in [6, 6.07) is 0. The minimum Gasteiger partial charge on any atom is -0.481 e. The van der Waals surface area contributed by atoms with Crippen LogP contribution in [0.3, 0.4) is 0 Å². The Hall–Kier alpha value is -2.10. The Labute approximate surface area is 304 Å². The molecule has 0 radical (unpaired) electrons. The third-order valence-corrected chi connectivity index (χ3v) is 9.26. The Balaban J connectivity index is 3.99. The molecule has 4 heteroatoms. The lowest BCUT2D eigenvalue weighted by molar-refractivity contribution is -0.147. The van der Waals surface area contributed by atoms with E-state index in [0.717, 1.165) is 77.0 Å². The molecule has 4 nitrogen and oxygen atoms in total. The third-order valence-electron chi connectivity index (χ3n) is 9.26. The van der Waals surface area contributed by atoms with Crippen LogP contribution >= 0.6 is 0 Å². The van der Waals surface area contributed by atoms with Gasteiger partial charge >= 0.3 is 11.9 Å². The monoisotopic (exact) mass is 685 g/mol. The van der Waals surface area contributed by atoms with Gasteiger partial charge in [-0.15, -0.1) is 0 Å². The van der Waals surface area contributed by atoms with Gasteiger partial charge in [0.1, 0.15) is 6.10 Å². The van der Waals surface area contributed by atoms with Crippen molar-refractivity contribution < 1.29 is 19.4 Å². The van der Waals surface area contributed by atoms with E-state index < -0.39 is 5.97 Å². The van der Waals surface area contributed by atoms with Crippen molar-refractivity contribution in [1.29, 1.82) is 0 Å². The maximum absolute atomic E-state index is 12.7. The summed E-state index contributed by atoms with van der Waals surface area (Å²) >= 11 is 0. The maximum atomic E-state index is 12.7. The van der Waals surface area contributed by atoms with E-state index in [2.05, 4.69) is 62.5 Å². The molecule has 1 atom stereocenters. The molecular weight excluding hydrogens is 604 g/mol. The Morgan fingerprint density at radius 1 is 0.469 bits per heavy atom. The second-order valence-electron chi connectivity index (χ2n) is 14.2. The topological polar surface area (TPSA) is 63.6 Å². The largest absolute Gasteiger partial charge is 0.481 e. The fourth-order valence-corrected chi connectivity index (χ4v) is 6.10. The summed E-state index contributed by atoms with van der Waals surface area (Å²) in [7, 11) is 0. The molecule has 0 aliphatic rings. The predicted octanol–water partition coefficient (Wildman–Crippen LogP) is 14.7. The number of carboxylic acid groups (broad SMARTS) is 1. The first-order valence-corrected chi connectivity index (χ1v) is 21.1. The molecule has 0 aromatic carbocycles. The lowest BCUT2D eigenvalue weighted by Gasteiger charge is -2.14. The van der Waals surface area contributed by atoms with Gasteiger partial charge in [-0.25, -0.2) is 0 Å². The molecule has 0 fully saturated rings. The molecule has 284 valence electrons.